The van der Waals surface area contributed by atoms with Crippen molar-refractivity contribution in [3.05, 3.63) is 36.7 Å². The van der Waals surface area contributed by atoms with Crippen molar-refractivity contribution in [1.82, 2.24) is 9.97 Å². The lowest BCUT2D eigenvalue weighted by Crippen LogP contribution is -2.27. The molecule has 1 fully saturated rings. The lowest BCUT2D eigenvalue weighted by Gasteiger charge is -2.12. The molecule has 1 amide bonds. The number of rotatable bonds is 4. The molecule has 0 aliphatic carbocycles. The summed E-state index contributed by atoms with van der Waals surface area (Å²) < 4.78 is 10.5. The highest BCUT2D eigenvalue weighted by atomic mass is 16.5. The van der Waals surface area contributed by atoms with Gasteiger partial charge >= 0.3 is 0 Å². The number of amides is 1. The summed E-state index contributed by atoms with van der Waals surface area (Å²) in [6.07, 6.45) is 4.40. The van der Waals surface area contributed by atoms with E-state index in [9.17, 15) is 4.79 Å². The molecule has 1 N–H and O–H groups in total. The largest absolute Gasteiger partial charge is 0.497 e. The smallest absolute Gasteiger partial charge is 0.254 e. The average Bonchev–Trinajstić information content (AvgIpc) is 3.10. The molecule has 0 spiro atoms. The minimum absolute atomic E-state index is 0.173. The van der Waals surface area contributed by atoms with Crippen LogP contribution in [0.1, 0.15) is 12.8 Å². The van der Waals surface area contributed by atoms with Crippen LogP contribution in [0.3, 0.4) is 0 Å². The fraction of sp³-hybridized carbons (Fsp3) is 0.312. The number of hydrogen-bond acceptors (Lipinski definition) is 5. The zero-order valence-corrected chi connectivity index (χ0v) is 12.3. The number of carbonyl (C=O) groups excluding carboxylic acids is 1. The molecular weight excluding hydrogens is 282 g/mol. The Kier molecular flexibility index (Phi) is 4.29. The van der Waals surface area contributed by atoms with Crippen molar-refractivity contribution in [3.8, 4) is 17.0 Å². The van der Waals surface area contributed by atoms with E-state index in [2.05, 4.69) is 15.3 Å². The van der Waals surface area contributed by atoms with Crippen LogP contribution in [0.25, 0.3) is 11.3 Å². The second kappa shape index (κ2) is 6.53. The predicted octanol–water partition coefficient (Wildman–Crippen LogP) is 2.27. The van der Waals surface area contributed by atoms with Gasteiger partial charge in [0.25, 0.3) is 5.91 Å². The highest BCUT2D eigenvalue weighted by Crippen LogP contribution is 2.26. The van der Waals surface area contributed by atoms with Gasteiger partial charge in [0.05, 0.1) is 7.11 Å². The first-order valence-electron chi connectivity index (χ1n) is 7.16. The zero-order valence-electron chi connectivity index (χ0n) is 12.3. The molecule has 0 bridgehead atoms. The molecule has 1 saturated heterocycles. The number of anilines is 1. The summed E-state index contributed by atoms with van der Waals surface area (Å²) >= 11 is 0. The normalized spacial score (nSPS) is 17.2. The fourth-order valence-corrected chi connectivity index (χ4v) is 2.37. The van der Waals surface area contributed by atoms with E-state index in [1.165, 1.54) is 0 Å². The van der Waals surface area contributed by atoms with Crippen LogP contribution in [-0.2, 0) is 9.53 Å². The van der Waals surface area contributed by atoms with Crippen molar-refractivity contribution >= 4 is 11.7 Å². The Labute approximate surface area is 128 Å². The van der Waals surface area contributed by atoms with Crippen molar-refractivity contribution in [2.45, 2.75) is 18.9 Å². The van der Waals surface area contributed by atoms with Crippen molar-refractivity contribution in [2.75, 3.05) is 19.0 Å². The number of nitrogens with one attached hydrogen (secondary N) is 1. The molecule has 2 heterocycles. The van der Waals surface area contributed by atoms with Crippen molar-refractivity contribution in [2.24, 2.45) is 0 Å². The molecule has 2 aromatic rings. The first-order chi connectivity index (χ1) is 10.8. The van der Waals surface area contributed by atoms with E-state index in [-0.39, 0.29) is 5.91 Å². The first kappa shape index (κ1) is 14.5. The van der Waals surface area contributed by atoms with Crippen LogP contribution in [-0.4, -0.2) is 35.7 Å². The Bertz CT molecular complexity index is 652. The molecule has 0 radical (unpaired) electrons. The molecule has 0 saturated carbocycles. The number of methoxy groups -OCH3 is 1. The Morgan fingerprint density at radius 2 is 2.05 bits per heavy atom. The minimum Gasteiger partial charge on any atom is -0.497 e. The molecule has 114 valence electrons. The number of hydrogen-bond donors (Lipinski definition) is 1. The molecule has 1 aliphatic rings. The van der Waals surface area contributed by atoms with Gasteiger partial charge in [-0.25, -0.2) is 4.98 Å². The predicted molar refractivity (Wildman–Crippen MR) is 81.6 cm³/mol. The van der Waals surface area contributed by atoms with Gasteiger partial charge in [-0.3, -0.25) is 9.78 Å². The summed E-state index contributed by atoms with van der Waals surface area (Å²) in [5, 5.41) is 2.81. The maximum Gasteiger partial charge on any atom is 0.254 e. The zero-order chi connectivity index (χ0) is 15.4. The molecule has 6 heteroatoms. The summed E-state index contributed by atoms with van der Waals surface area (Å²) in [7, 11) is 1.62. The Hall–Kier alpha value is -2.47. The highest BCUT2D eigenvalue weighted by molar-refractivity contribution is 5.96. The average molecular weight is 299 g/mol. The standard InChI is InChI=1S/C16H17N3O3/c1-21-12-6-4-11(5-7-12)14-15(18-9-8-17-14)19-16(20)13-3-2-10-22-13/h4-9,13H,2-3,10H2,1H3,(H,18,19,20)/t13-/m1/s1. The van der Waals surface area contributed by atoms with E-state index in [0.29, 0.717) is 18.1 Å². The number of aromatic nitrogens is 2. The monoisotopic (exact) mass is 299 g/mol. The van der Waals surface area contributed by atoms with Crippen molar-refractivity contribution < 1.29 is 14.3 Å². The van der Waals surface area contributed by atoms with E-state index in [1.807, 2.05) is 24.3 Å². The minimum atomic E-state index is -0.397. The van der Waals surface area contributed by atoms with E-state index >= 15 is 0 Å². The molecule has 1 aliphatic heterocycles. The third kappa shape index (κ3) is 3.07. The lowest BCUT2D eigenvalue weighted by atomic mass is 10.1. The Balaban J connectivity index is 1.83. The summed E-state index contributed by atoms with van der Waals surface area (Å²) in [5.74, 6) is 1.03. The number of nitrogens with zero attached hydrogens (tertiary/aromatic N) is 2. The summed E-state index contributed by atoms with van der Waals surface area (Å²) in [4.78, 5) is 20.7. The molecule has 1 aromatic carbocycles. The molecule has 1 atom stereocenters. The number of ether oxygens (including phenoxy) is 2. The second-order valence-corrected chi connectivity index (χ2v) is 4.97. The van der Waals surface area contributed by atoms with Crippen LogP contribution in [0.2, 0.25) is 0 Å². The number of carbonyl (C=O) groups is 1. The van der Waals surface area contributed by atoms with Gasteiger partial charge in [0.2, 0.25) is 0 Å². The molecule has 6 nitrogen and oxygen atoms in total. The van der Waals surface area contributed by atoms with Gasteiger partial charge in [-0.2, -0.15) is 0 Å². The van der Waals surface area contributed by atoms with E-state index in [0.717, 1.165) is 24.2 Å². The van der Waals surface area contributed by atoms with Crippen molar-refractivity contribution in [3.63, 3.8) is 0 Å². The van der Waals surface area contributed by atoms with E-state index < -0.39 is 6.10 Å². The number of benzene rings is 1. The van der Waals surface area contributed by atoms with Gasteiger partial charge in [0, 0.05) is 24.6 Å². The van der Waals surface area contributed by atoms with E-state index in [1.54, 1.807) is 19.5 Å². The van der Waals surface area contributed by atoms with Gasteiger partial charge in [-0.15, -0.1) is 0 Å². The second-order valence-electron chi connectivity index (χ2n) is 4.97. The van der Waals surface area contributed by atoms with Gasteiger partial charge in [-0.05, 0) is 37.1 Å². The van der Waals surface area contributed by atoms with Crippen LogP contribution < -0.4 is 10.1 Å². The molecule has 1 aromatic heterocycles. The third-order valence-electron chi connectivity index (χ3n) is 3.53. The first-order valence-corrected chi connectivity index (χ1v) is 7.16. The van der Waals surface area contributed by atoms with Gasteiger partial charge in [0.1, 0.15) is 17.5 Å². The Morgan fingerprint density at radius 3 is 2.73 bits per heavy atom. The highest BCUT2D eigenvalue weighted by Gasteiger charge is 2.24. The van der Waals surface area contributed by atoms with Crippen molar-refractivity contribution in [1.29, 1.82) is 0 Å². The fourth-order valence-electron chi connectivity index (χ4n) is 2.37. The molecular formula is C16H17N3O3. The maximum absolute atomic E-state index is 12.2. The van der Waals surface area contributed by atoms with E-state index in [4.69, 9.17) is 9.47 Å². The molecule has 3 rings (SSSR count). The van der Waals surface area contributed by atoms with Crippen LogP contribution in [0.15, 0.2) is 36.7 Å². The topological polar surface area (TPSA) is 73.3 Å². The van der Waals surface area contributed by atoms with Crippen LogP contribution in [0.5, 0.6) is 5.75 Å². The van der Waals surface area contributed by atoms with Crippen LogP contribution >= 0.6 is 0 Å². The molecule has 22 heavy (non-hydrogen) atoms. The van der Waals surface area contributed by atoms with Gasteiger partial charge < -0.3 is 14.8 Å². The third-order valence-corrected chi connectivity index (χ3v) is 3.53. The lowest BCUT2D eigenvalue weighted by molar-refractivity contribution is -0.124. The maximum atomic E-state index is 12.2. The summed E-state index contributed by atoms with van der Waals surface area (Å²) in [6.45, 7) is 0.629. The van der Waals surface area contributed by atoms with Crippen LogP contribution in [0, 0.1) is 0 Å². The van der Waals surface area contributed by atoms with Gasteiger partial charge in [0.15, 0.2) is 5.82 Å². The van der Waals surface area contributed by atoms with Gasteiger partial charge in [-0.1, -0.05) is 0 Å². The Morgan fingerprint density at radius 1 is 1.27 bits per heavy atom. The summed E-state index contributed by atoms with van der Waals surface area (Å²) in [6, 6.07) is 7.44. The SMILES string of the molecule is COc1ccc(-c2nccnc2NC(=O)[C@H]2CCCO2)cc1. The molecule has 0 unspecified atom stereocenters. The van der Waals surface area contributed by atoms with Crippen LogP contribution in [0.4, 0.5) is 5.82 Å². The quantitative estimate of drug-likeness (QED) is 0.937. The summed E-state index contributed by atoms with van der Waals surface area (Å²) in [5.41, 5.74) is 1.48.